The third kappa shape index (κ3) is 3.27. The summed E-state index contributed by atoms with van der Waals surface area (Å²) in [4.78, 5) is 1.84. The predicted octanol–water partition coefficient (Wildman–Crippen LogP) is 3.37. The van der Waals surface area contributed by atoms with Crippen molar-refractivity contribution in [3.05, 3.63) is 24.0 Å². The fourth-order valence-electron chi connectivity index (χ4n) is 1.98. The molecule has 0 unspecified atom stereocenters. The largest absolute Gasteiger partial charge is 0.482 e. The first-order chi connectivity index (χ1) is 8.46. The maximum atomic E-state index is 13.2. The van der Waals surface area contributed by atoms with Gasteiger partial charge in [0.1, 0.15) is 11.6 Å². The van der Waals surface area contributed by atoms with Crippen molar-refractivity contribution >= 4 is 5.69 Å². The second kappa shape index (κ2) is 5.04. The molecule has 1 aliphatic rings. The highest BCUT2D eigenvalue weighted by Gasteiger charge is 2.29. The van der Waals surface area contributed by atoms with Gasteiger partial charge in [0.05, 0.1) is 5.69 Å². The summed E-state index contributed by atoms with van der Waals surface area (Å²) < 4.78 is 54.3. The molecule has 100 valence electrons. The Labute approximate surface area is 102 Å². The molecule has 18 heavy (non-hydrogen) atoms. The van der Waals surface area contributed by atoms with E-state index in [4.69, 9.17) is 4.74 Å². The van der Waals surface area contributed by atoms with E-state index in [-0.39, 0.29) is 5.75 Å². The minimum absolute atomic E-state index is 0.0793. The van der Waals surface area contributed by atoms with Gasteiger partial charge >= 0.3 is 6.18 Å². The third-order valence-corrected chi connectivity index (χ3v) is 2.76. The molecule has 1 aromatic rings. The van der Waals surface area contributed by atoms with E-state index >= 15 is 0 Å². The molecule has 0 N–H and O–H groups in total. The smallest absolute Gasteiger partial charge is 0.422 e. The first kappa shape index (κ1) is 13.0. The zero-order chi connectivity index (χ0) is 13.2. The second-order valence-corrected chi connectivity index (χ2v) is 4.21. The molecule has 0 amide bonds. The van der Waals surface area contributed by atoms with Gasteiger partial charge in [-0.2, -0.15) is 13.2 Å². The molecule has 0 saturated carbocycles. The molecule has 1 aromatic carbocycles. The van der Waals surface area contributed by atoms with Crippen LogP contribution in [0.1, 0.15) is 12.8 Å². The van der Waals surface area contributed by atoms with Gasteiger partial charge in [0.2, 0.25) is 0 Å². The summed E-state index contributed by atoms with van der Waals surface area (Å²) >= 11 is 0. The Balaban J connectivity index is 2.17. The normalized spacial score (nSPS) is 16.1. The first-order valence-electron chi connectivity index (χ1n) is 5.70. The Bertz CT molecular complexity index is 413. The van der Waals surface area contributed by atoms with Gasteiger partial charge in [-0.3, -0.25) is 0 Å². The van der Waals surface area contributed by atoms with Gasteiger partial charge in [-0.25, -0.2) is 4.39 Å². The van der Waals surface area contributed by atoms with Crippen LogP contribution < -0.4 is 9.64 Å². The van der Waals surface area contributed by atoms with Crippen molar-refractivity contribution in [2.75, 3.05) is 24.6 Å². The van der Waals surface area contributed by atoms with Gasteiger partial charge in [-0.15, -0.1) is 0 Å². The number of anilines is 1. The fraction of sp³-hybridized carbons (Fsp3) is 0.500. The highest BCUT2D eigenvalue weighted by molar-refractivity contribution is 5.59. The lowest BCUT2D eigenvalue weighted by molar-refractivity contribution is -0.153. The molecule has 1 fully saturated rings. The Hall–Kier alpha value is -1.46. The molecule has 6 heteroatoms. The first-order valence-corrected chi connectivity index (χ1v) is 5.70. The van der Waals surface area contributed by atoms with Crippen LogP contribution in [0.4, 0.5) is 23.2 Å². The van der Waals surface area contributed by atoms with Crippen molar-refractivity contribution in [3.8, 4) is 5.75 Å². The molecule has 0 radical (unpaired) electrons. The highest BCUT2D eigenvalue weighted by atomic mass is 19.4. The summed E-state index contributed by atoms with van der Waals surface area (Å²) in [5.74, 6) is -0.396. The van der Waals surface area contributed by atoms with Crippen LogP contribution in [0, 0.1) is 5.82 Å². The number of benzene rings is 1. The second-order valence-electron chi connectivity index (χ2n) is 4.21. The van der Waals surface area contributed by atoms with E-state index in [1.54, 1.807) is 0 Å². The van der Waals surface area contributed by atoms with Crippen LogP contribution >= 0.6 is 0 Å². The summed E-state index contributed by atoms with van der Waals surface area (Å²) in [5, 5.41) is 0. The molecule has 0 bridgehead atoms. The molecule has 0 aliphatic carbocycles. The Morgan fingerprint density at radius 1 is 1.17 bits per heavy atom. The minimum Gasteiger partial charge on any atom is -0.482 e. The number of rotatable bonds is 3. The van der Waals surface area contributed by atoms with E-state index in [9.17, 15) is 17.6 Å². The topological polar surface area (TPSA) is 12.5 Å². The monoisotopic (exact) mass is 263 g/mol. The summed E-state index contributed by atoms with van der Waals surface area (Å²) in [6.45, 7) is 0.0666. The van der Waals surface area contributed by atoms with Gasteiger partial charge < -0.3 is 9.64 Å². The molecule has 2 nitrogen and oxygen atoms in total. The van der Waals surface area contributed by atoms with Gasteiger partial charge in [-0.1, -0.05) is 0 Å². The van der Waals surface area contributed by atoms with Gasteiger partial charge in [0, 0.05) is 19.2 Å². The van der Waals surface area contributed by atoms with Crippen LogP contribution in [0.15, 0.2) is 18.2 Å². The number of ether oxygens (including phenoxy) is 1. The maximum absolute atomic E-state index is 13.2. The summed E-state index contributed by atoms with van der Waals surface area (Å²) in [6.07, 6.45) is -2.49. The zero-order valence-corrected chi connectivity index (χ0v) is 9.63. The van der Waals surface area contributed by atoms with Crippen LogP contribution in [0.3, 0.4) is 0 Å². The molecule has 1 heterocycles. The van der Waals surface area contributed by atoms with Crippen molar-refractivity contribution in [1.29, 1.82) is 0 Å². The van der Waals surface area contributed by atoms with Crippen LogP contribution in [0.2, 0.25) is 0 Å². The van der Waals surface area contributed by atoms with E-state index in [2.05, 4.69) is 0 Å². The van der Waals surface area contributed by atoms with Gasteiger partial charge in [-0.05, 0) is 25.0 Å². The van der Waals surface area contributed by atoms with Crippen LogP contribution in [0.5, 0.6) is 5.75 Å². The van der Waals surface area contributed by atoms with Gasteiger partial charge in [0.15, 0.2) is 6.61 Å². The molecule has 0 atom stereocenters. The summed E-state index contributed by atoms with van der Waals surface area (Å²) in [6, 6.07) is 3.57. The van der Waals surface area contributed by atoms with E-state index in [0.717, 1.165) is 18.9 Å². The van der Waals surface area contributed by atoms with Crippen LogP contribution in [0.25, 0.3) is 0 Å². The number of halogens is 4. The number of hydrogen-bond acceptors (Lipinski definition) is 2. The lowest BCUT2D eigenvalue weighted by atomic mass is 10.2. The quantitative estimate of drug-likeness (QED) is 0.775. The molecule has 2 rings (SSSR count). The average molecular weight is 263 g/mol. The zero-order valence-electron chi connectivity index (χ0n) is 9.63. The van der Waals surface area contributed by atoms with E-state index in [1.165, 1.54) is 12.1 Å². The number of nitrogens with zero attached hydrogens (tertiary/aromatic N) is 1. The summed E-state index contributed by atoms with van der Waals surface area (Å²) in [5.41, 5.74) is 0.400. The Morgan fingerprint density at radius 3 is 2.44 bits per heavy atom. The predicted molar refractivity (Wildman–Crippen MR) is 59.4 cm³/mol. The lowest BCUT2D eigenvalue weighted by Gasteiger charge is -2.21. The summed E-state index contributed by atoms with van der Waals surface area (Å²) in [7, 11) is 0. The SMILES string of the molecule is Fc1ccc(OCC(F)(F)F)c(N2CCCC2)c1. The standard InChI is InChI=1S/C12H13F4NO/c13-9-3-4-11(18-8-12(14,15)16)10(7-9)17-5-1-2-6-17/h3-4,7H,1-2,5-6,8H2. The van der Waals surface area contributed by atoms with E-state index in [0.29, 0.717) is 18.8 Å². The molecule has 1 saturated heterocycles. The maximum Gasteiger partial charge on any atom is 0.422 e. The van der Waals surface area contributed by atoms with Crippen molar-refractivity contribution in [1.82, 2.24) is 0 Å². The third-order valence-electron chi connectivity index (χ3n) is 2.76. The molecular weight excluding hydrogens is 250 g/mol. The van der Waals surface area contributed by atoms with E-state index < -0.39 is 18.6 Å². The fourth-order valence-corrected chi connectivity index (χ4v) is 1.98. The number of hydrogen-bond donors (Lipinski definition) is 0. The number of alkyl halides is 3. The van der Waals surface area contributed by atoms with Crippen molar-refractivity contribution in [2.45, 2.75) is 19.0 Å². The van der Waals surface area contributed by atoms with Crippen molar-refractivity contribution in [2.24, 2.45) is 0 Å². The van der Waals surface area contributed by atoms with Crippen LogP contribution in [-0.2, 0) is 0 Å². The molecule has 0 aromatic heterocycles. The van der Waals surface area contributed by atoms with Crippen molar-refractivity contribution in [3.63, 3.8) is 0 Å². The molecule has 1 aliphatic heterocycles. The Kier molecular flexibility index (Phi) is 3.63. The molecular formula is C12H13F4NO. The molecule has 0 spiro atoms. The average Bonchev–Trinajstić information content (AvgIpc) is 2.79. The highest BCUT2D eigenvalue weighted by Crippen LogP contribution is 2.32. The van der Waals surface area contributed by atoms with Crippen molar-refractivity contribution < 1.29 is 22.3 Å². The Morgan fingerprint density at radius 2 is 1.83 bits per heavy atom. The van der Waals surface area contributed by atoms with E-state index in [1.807, 2.05) is 4.90 Å². The minimum atomic E-state index is -4.39. The van der Waals surface area contributed by atoms with Gasteiger partial charge in [0.25, 0.3) is 0 Å². The lowest BCUT2D eigenvalue weighted by Crippen LogP contribution is -2.22. The van der Waals surface area contributed by atoms with Crippen LogP contribution in [-0.4, -0.2) is 25.9 Å².